The van der Waals surface area contributed by atoms with Crippen LogP contribution >= 0.6 is 15.9 Å². The number of hydrogen-bond acceptors (Lipinski definition) is 5. The van der Waals surface area contributed by atoms with E-state index in [0.717, 1.165) is 6.07 Å². The molecule has 0 heterocycles. The Kier molecular flexibility index (Phi) is 5.25. The lowest BCUT2D eigenvalue weighted by atomic mass is 10.3. The van der Waals surface area contributed by atoms with E-state index in [1.807, 2.05) is 0 Å². The summed E-state index contributed by atoms with van der Waals surface area (Å²) in [5.74, 6) is -3.16. The number of primary amides is 2. The van der Waals surface area contributed by atoms with Crippen molar-refractivity contribution in [1.29, 1.82) is 0 Å². The second kappa shape index (κ2) is 6.37. The monoisotopic (exact) mass is 382 g/mol. The Labute approximate surface area is 128 Å². The van der Waals surface area contributed by atoms with E-state index in [2.05, 4.69) is 15.9 Å². The zero-order chi connectivity index (χ0) is 16.4. The molecule has 0 fully saturated rings. The molecule has 0 unspecified atom stereocenters. The fourth-order valence-corrected chi connectivity index (χ4v) is 3.59. The van der Waals surface area contributed by atoms with Crippen molar-refractivity contribution >= 4 is 43.5 Å². The number of nitrogens with two attached hydrogens (primary N) is 3. The standard InChI is InChI=1S/C10H12BrFN4O4S/c11-6-1-5(13)2-7(10(6)12)21(19,20)16(3-8(14)17)4-9(15)18/h1-2H,3-4,13H2,(H2,14,17)(H2,15,18). The quantitative estimate of drug-likeness (QED) is 0.546. The molecule has 0 aliphatic carbocycles. The van der Waals surface area contributed by atoms with Crippen molar-refractivity contribution in [2.24, 2.45) is 11.5 Å². The van der Waals surface area contributed by atoms with Crippen molar-refractivity contribution in [2.45, 2.75) is 4.90 Å². The Morgan fingerprint density at radius 3 is 2.10 bits per heavy atom. The molecule has 0 spiro atoms. The molecular formula is C10H12BrFN4O4S. The van der Waals surface area contributed by atoms with E-state index in [4.69, 9.17) is 17.2 Å². The molecule has 1 rings (SSSR count). The zero-order valence-corrected chi connectivity index (χ0v) is 12.9. The largest absolute Gasteiger partial charge is 0.399 e. The smallest absolute Gasteiger partial charge is 0.247 e. The molecule has 0 aliphatic heterocycles. The molecule has 0 bridgehead atoms. The van der Waals surface area contributed by atoms with E-state index < -0.39 is 45.6 Å². The van der Waals surface area contributed by atoms with E-state index in [-0.39, 0.29) is 10.2 Å². The minimum Gasteiger partial charge on any atom is -0.399 e. The molecule has 21 heavy (non-hydrogen) atoms. The molecule has 6 N–H and O–H groups in total. The Morgan fingerprint density at radius 2 is 1.67 bits per heavy atom. The van der Waals surface area contributed by atoms with Gasteiger partial charge in [0.2, 0.25) is 21.8 Å². The minimum absolute atomic E-state index is 0.0278. The third kappa shape index (κ3) is 4.12. The van der Waals surface area contributed by atoms with Crippen LogP contribution in [-0.2, 0) is 19.6 Å². The summed E-state index contributed by atoms with van der Waals surface area (Å²) in [6.45, 7) is -1.64. The highest BCUT2D eigenvalue weighted by molar-refractivity contribution is 9.10. The number of carbonyl (C=O) groups is 2. The highest BCUT2D eigenvalue weighted by Gasteiger charge is 2.31. The SMILES string of the molecule is NC(=O)CN(CC(N)=O)S(=O)(=O)c1cc(N)cc(Br)c1F. The molecule has 2 amide bonds. The summed E-state index contributed by atoms with van der Waals surface area (Å²) in [6.07, 6.45) is 0. The van der Waals surface area contributed by atoms with Gasteiger partial charge in [0.15, 0.2) is 5.82 Å². The summed E-state index contributed by atoms with van der Waals surface area (Å²) in [5, 5.41) is 0. The number of rotatable bonds is 6. The first kappa shape index (κ1) is 17.3. The van der Waals surface area contributed by atoms with Crippen molar-refractivity contribution in [3.8, 4) is 0 Å². The number of sulfonamides is 1. The van der Waals surface area contributed by atoms with Gasteiger partial charge in [-0.05, 0) is 28.1 Å². The van der Waals surface area contributed by atoms with Gasteiger partial charge in [-0.2, -0.15) is 4.31 Å². The molecule has 116 valence electrons. The van der Waals surface area contributed by atoms with Gasteiger partial charge in [0.25, 0.3) is 0 Å². The van der Waals surface area contributed by atoms with Crippen molar-refractivity contribution in [3.05, 3.63) is 22.4 Å². The molecule has 0 radical (unpaired) electrons. The lowest BCUT2D eigenvalue weighted by molar-refractivity contribution is -0.120. The van der Waals surface area contributed by atoms with E-state index in [1.54, 1.807) is 0 Å². The van der Waals surface area contributed by atoms with Crippen LogP contribution in [0.1, 0.15) is 0 Å². The lowest BCUT2D eigenvalue weighted by Crippen LogP contribution is -2.43. The molecule has 8 nitrogen and oxygen atoms in total. The molecule has 11 heteroatoms. The third-order valence-electron chi connectivity index (χ3n) is 2.30. The fraction of sp³-hybridized carbons (Fsp3) is 0.200. The second-order valence-electron chi connectivity index (χ2n) is 4.02. The van der Waals surface area contributed by atoms with Crippen LogP contribution in [0.5, 0.6) is 0 Å². The third-order valence-corrected chi connectivity index (χ3v) is 4.67. The van der Waals surface area contributed by atoms with E-state index in [9.17, 15) is 22.4 Å². The number of benzene rings is 1. The van der Waals surface area contributed by atoms with Crippen LogP contribution in [0.4, 0.5) is 10.1 Å². The van der Waals surface area contributed by atoms with Gasteiger partial charge in [0.1, 0.15) is 4.90 Å². The molecule has 0 aliphatic rings. The van der Waals surface area contributed by atoms with E-state index >= 15 is 0 Å². The van der Waals surface area contributed by atoms with Crippen LogP contribution < -0.4 is 17.2 Å². The summed E-state index contributed by atoms with van der Waals surface area (Å²) >= 11 is 2.82. The van der Waals surface area contributed by atoms with Gasteiger partial charge in [-0.25, -0.2) is 12.8 Å². The number of anilines is 1. The van der Waals surface area contributed by atoms with Crippen LogP contribution in [0.2, 0.25) is 0 Å². The summed E-state index contributed by atoms with van der Waals surface area (Å²) in [6, 6.07) is 2.03. The molecular weight excluding hydrogens is 371 g/mol. The Balaban J connectivity index is 3.41. The van der Waals surface area contributed by atoms with Crippen molar-refractivity contribution in [3.63, 3.8) is 0 Å². The number of halogens is 2. The molecule has 1 aromatic carbocycles. The number of nitrogen functional groups attached to an aromatic ring is 1. The van der Waals surface area contributed by atoms with Gasteiger partial charge in [0, 0.05) is 5.69 Å². The van der Waals surface area contributed by atoms with Gasteiger partial charge in [-0.1, -0.05) is 0 Å². The topological polar surface area (TPSA) is 150 Å². The van der Waals surface area contributed by atoms with Gasteiger partial charge in [0.05, 0.1) is 17.6 Å². The summed E-state index contributed by atoms with van der Waals surface area (Å²) in [7, 11) is -4.52. The molecule has 0 saturated carbocycles. The summed E-state index contributed by atoms with van der Waals surface area (Å²) in [5.41, 5.74) is 15.3. The highest BCUT2D eigenvalue weighted by atomic mass is 79.9. The number of carbonyl (C=O) groups excluding carboxylic acids is 2. The Bertz CT molecular complexity index is 679. The average Bonchev–Trinajstić information content (AvgIpc) is 2.31. The number of nitrogens with zero attached hydrogens (tertiary/aromatic N) is 1. The van der Waals surface area contributed by atoms with Crippen molar-refractivity contribution in [2.75, 3.05) is 18.8 Å². The second-order valence-corrected chi connectivity index (χ2v) is 6.78. The first-order valence-electron chi connectivity index (χ1n) is 5.37. The zero-order valence-electron chi connectivity index (χ0n) is 10.5. The maximum Gasteiger partial charge on any atom is 0.247 e. The van der Waals surface area contributed by atoms with E-state index in [1.165, 1.54) is 6.07 Å². The summed E-state index contributed by atoms with van der Waals surface area (Å²) in [4.78, 5) is 21.1. The number of amides is 2. The van der Waals surface area contributed by atoms with Gasteiger partial charge in [-0.3, -0.25) is 9.59 Å². The fourth-order valence-electron chi connectivity index (χ4n) is 1.48. The van der Waals surface area contributed by atoms with Gasteiger partial charge < -0.3 is 17.2 Å². The van der Waals surface area contributed by atoms with Gasteiger partial charge >= 0.3 is 0 Å². The predicted molar refractivity (Wildman–Crippen MR) is 75.7 cm³/mol. The molecule has 0 saturated heterocycles. The normalized spacial score (nSPS) is 11.6. The van der Waals surface area contributed by atoms with E-state index in [0.29, 0.717) is 4.31 Å². The minimum atomic E-state index is -4.52. The van der Waals surface area contributed by atoms with Crippen LogP contribution in [0.15, 0.2) is 21.5 Å². The summed E-state index contributed by atoms with van der Waals surface area (Å²) < 4.78 is 38.8. The van der Waals surface area contributed by atoms with Crippen LogP contribution in [0.25, 0.3) is 0 Å². The molecule has 0 atom stereocenters. The van der Waals surface area contributed by atoms with Crippen molar-refractivity contribution < 1.29 is 22.4 Å². The van der Waals surface area contributed by atoms with Crippen LogP contribution in [0, 0.1) is 5.82 Å². The molecule has 0 aromatic heterocycles. The maximum atomic E-state index is 14.0. The van der Waals surface area contributed by atoms with Gasteiger partial charge in [-0.15, -0.1) is 0 Å². The Morgan fingerprint density at radius 1 is 1.19 bits per heavy atom. The maximum absolute atomic E-state index is 14.0. The lowest BCUT2D eigenvalue weighted by Gasteiger charge is -2.20. The average molecular weight is 383 g/mol. The predicted octanol–water partition coefficient (Wildman–Crippen LogP) is -0.868. The van der Waals surface area contributed by atoms with Crippen LogP contribution in [0.3, 0.4) is 0 Å². The first-order valence-corrected chi connectivity index (χ1v) is 7.60. The van der Waals surface area contributed by atoms with Crippen molar-refractivity contribution in [1.82, 2.24) is 4.31 Å². The Hall–Kier alpha value is -1.72. The number of hydrogen-bond donors (Lipinski definition) is 3. The molecule has 1 aromatic rings. The highest BCUT2D eigenvalue weighted by Crippen LogP contribution is 2.28. The van der Waals surface area contributed by atoms with Crippen LogP contribution in [-0.4, -0.2) is 37.6 Å². The first-order chi connectivity index (χ1) is 9.55.